The fraction of sp³-hybridized carbons (Fsp3) is 0.350. The number of ether oxygens (including phenoxy) is 3. The van der Waals surface area contributed by atoms with E-state index in [2.05, 4.69) is 10.3 Å². The highest BCUT2D eigenvalue weighted by molar-refractivity contribution is 6.30. The number of hydrogen-bond donors (Lipinski definition) is 2. The van der Waals surface area contributed by atoms with Crippen LogP contribution in [0.4, 0.5) is 5.69 Å². The molecule has 27 heavy (non-hydrogen) atoms. The minimum atomic E-state index is -0.245. The smallest absolute Gasteiger partial charge is 0.193 e. The summed E-state index contributed by atoms with van der Waals surface area (Å²) < 4.78 is 16.7. The van der Waals surface area contributed by atoms with Crippen LogP contribution in [0.5, 0.6) is 11.5 Å². The summed E-state index contributed by atoms with van der Waals surface area (Å²) in [4.78, 5) is 4.39. The Kier molecular flexibility index (Phi) is 8.23. The van der Waals surface area contributed by atoms with Gasteiger partial charge in [-0.2, -0.15) is 0 Å². The number of guanidine groups is 1. The van der Waals surface area contributed by atoms with Crippen molar-refractivity contribution in [2.45, 2.75) is 20.0 Å². The number of aliphatic imine (C=N–C) groups is 1. The van der Waals surface area contributed by atoms with Crippen LogP contribution in [0.15, 0.2) is 47.5 Å². The van der Waals surface area contributed by atoms with Gasteiger partial charge in [-0.15, -0.1) is 0 Å². The van der Waals surface area contributed by atoms with E-state index in [1.807, 2.05) is 56.3 Å². The van der Waals surface area contributed by atoms with Crippen LogP contribution in [-0.4, -0.2) is 32.8 Å². The van der Waals surface area contributed by atoms with Crippen molar-refractivity contribution in [2.24, 2.45) is 10.7 Å². The van der Waals surface area contributed by atoms with E-state index in [-0.39, 0.29) is 12.1 Å². The summed E-state index contributed by atoms with van der Waals surface area (Å²) in [5.41, 5.74) is 7.70. The fourth-order valence-corrected chi connectivity index (χ4v) is 2.72. The third-order valence-electron chi connectivity index (χ3n) is 3.76. The summed E-state index contributed by atoms with van der Waals surface area (Å²) in [6.45, 7) is 5.32. The van der Waals surface area contributed by atoms with Crippen molar-refractivity contribution in [3.8, 4) is 11.5 Å². The number of methoxy groups -OCH3 is 1. The van der Waals surface area contributed by atoms with Gasteiger partial charge in [0.1, 0.15) is 17.6 Å². The van der Waals surface area contributed by atoms with Crippen molar-refractivity contribution in [1.82, 2.24) is 0 Å². The van der Waals surface area contributed by atoms with Crippen LogP contribution in [0.1, 0.15) is 25.5 Å². The standard InChI is InChI=1S/C20H26ClN3O3/c1-4-26-16-9-10-18(27-5-2)17(12-16)24-20(22)23-13-19(25-3)14-7-6-8-15(21)11-14/h6-12,19H,4-5,13H2,1-3H3,(H3,22,23,24). The predicted molar refractivity (Wildman–Crippen MR) is 110 cm³/mol. The molecule has 1 unspecified atom stereocenters. The second-order valence-electron chi connectivity index (χ2n) is 5.65. The van der Waals surface area contributed by atoms with E-state index in [9.17, 15) is 0 Å². The van der Waals surface area contributed by atoms with E-state index in [1.165, 1.54) is 0 Å². The summed E-state index contributed by atoms with van der Waals surface area (Å²) in [7, 11) is 1.63. The highest BCUT2D eigenvalue weighted by atomic mass is 35.5. The van der Waals surface area contributed by atoms with Crippen LogP contribution in [0.2, 0.25) is 5.02 Å². The van der Waals surface area contributed by atoms with Crippen LogP contribution in [-0.2, 0) is 4.74 Å². The Bertz CT molecular complexity index is 768. The lowest BCUT2D eigenvalue weighted by atomic mass is 10.1. The number of benzene rings is 2. The average molecular weight is 392 g/mol. The number of nitrogens with one attached hydrogen (secondary N) is 1. The Hall–Kier alpha value is -2.44. The first-order chi connectivity index (χ1) is 13.1. The molecule has 2 rings (SSSR count). The molecule has 0 aliphatic carbocycles. The van der Waals surface area contributed by atoms with Gasteiger partial charge in [-0.05, 0) is 43.7 Å². The van der Waals surface area contributed by atoms with Crippen LogP contribution >= 0.6 is 11.6 Å². The zero-order valence-corrected chi connectivity index (χ0v) is 16.6. The minimum absolute atomic E-state index is 0.245. The Balaban J connectivity index is 2.12. The molecule has 2 aromatic carbocycles. The quantitative estimate of drug-likeness (QED) is 0.493. The molecule has 0 spiro atoms. The Labute approximate surface area is 165 Å². The summed E-state index contributed by atoms with van der Waals surface area (Å²) in [5.74, 6) is 1.66. The van der Waals surface area contributed by atoms with Crippen molar-refractivity contribution >= 4 is 23.2 Å². The number of halogens is 1. The van der Waals surface area contributed by atoms with E-state index in [0.717, 1.165) is 11.3 Å². The molecular formula is C20H26ClN3O3. The van der Waals surface area contributed by atoms with E-state index < -0.39 is 0 Å². The third kappa shape index (κ3) is 6.34. The van der Waals surface area contributed by atoms with Gasteiger partial charge in [0.05, 0.1) is 25.4 Å². The van der Waals surface area contributed by atoms with E-state index in [4.69, 9.17) is 31.5 Å². The molecule has 0 saturated carbocycles. The molecule has 0 radical (unpaired) electrons. The molecule has 0 heterocycles. The monoisotopic (exact) mass is 391 g/mol. The molecule has 6 nitrogen and oxygen atoms in total. The van der Waals surface area contributed by atoms with E-state index in [1.54, 1.807) is 7.11 Å². The second kappa shape index (κ2) is 10.6. The van der Waals surface area contributed by atoms with Crippen LogP contribution in [0, 0.1) is 0 Å². The maximum absolute atomic E-state index is 6.07. The first kappa shape index (κ1) is 20.9. The number of rotatable bonds is 9. The predicted octanol–water partition coefficient (Wildman–Crippen LogP) is 4.25. The van der Waals surface area contributed by atoms with Gasteiger partial charge in [0.25, 0.3) is 0 Å². The second-order valence-corrected chi connectivity index (χ2v) is 6.09. The number of nitrogens with zero attached hydrogens (tertiary/aromatic N) is 1. The average Bonchev–Trinajstić information content (AvgIpc) is 2.65. The van der Waals surface area contributed by atoms with Gasteiger partial charge >= 0.3 is 0 Å². The maximum Gasteiger partial charge on any atom is 0.193 e. The summed E-state index contributed by atoms with van der Waals surface area (Å²) in [6, 6.07) is 13.0. The molecule has 0 aromatic heterocycles. The van der Waals surface area contributed by atoms with Crippen LogP contribution < -0.4 is 20.5 Å². The maximum atomic E-state index is 6.07. The number of anilines is 1. The van der Waals surface area contributed by atoms with Gasteiger partial charge in [-0.1, -0.05) is 23.7 Å². The SMILES string of the molecule is CCOc1ccc(OCC)c(NC(N)=NCC(OC)c2cccc(Cl)c2)c1. The van der Waals surface area contributed by atoms with Gasteiger partial charge in [0.15, 0.2) is 5.96 Å². The zero-order chi connectivity index (χ0) is 19.6. The fourth-order valence-electron chi connectivity index (χ4n) is 2.53. The van der Waals surface area contributed by atoms with Crippen LogP contribution in [0.25, 0.3) is 0 Å². The molecule has 0 amide bonds. The van der Waals surface area contributed by atoms with Crippen molar-refractivity contribution < 1.29 is 14.2 Å². The highest BCUT2D eigenvalue weighted by Crippen LogP contribution is 2.29. The molecule has 3 N–H and O–H groups in total. The normalized spacial score (nSPS) is 12.5. The largest absolute Gasteiger partial charge is 0.494 e. The lowest BCUT2D eigenvalue weighted by molar-refractivity contribution is 0.111. The first-order valence-electron chi connectivity index (χ1n) is 8.82. The Morgan fingerprint density at radius 3 is 2.59 bits per heavy atom. The van der Waals surface area contributed by atoms with Gasteiger partial charge in [0.2, 0.25) is 0 Å². The molecule has 0 aliphatic rings. The summed E-state index contributed by atoms with van der Waals surface area (Å²) >= 11 is 6.05. The Morgan fingerprint density at radius 2 is 1.93 bits per heavy atom. The molecule has 0 aliphatic heterocycles. The summed E-state index contributed by atoms with van der Waals surface area (Å²) in [5, 5.41) is 3.73. The molecule has 0 fully saturated rings. The van der Waals surface area contributed by atoms with Crippen molar-refractivity contribution in [1.29, 1.82) is 0 Å². The molecule has 0 bridgehead atoms. The summed E-state index contributed by atoms with van der Waals surface area (Å²) in [6.07, 6.45) is -0.245. The first-order valence-corrected chi connectivity index (χ1v) is 9.20. The topological polar surface area (TPSA) is 78.1 Å². The van der Waals surface area contributed by atoms with E-state index in [0.29, 0.717) is 36.2 Å². The molecule has 7 heteroatoms. The van der Waals surface area contributed by atoms with Crippen LogP contribution in [0.3, 0.4) is 0 Å². The molecule has 2 aromatic rings. The molecule has 1 atom stereocenters. The van der Waals surface area contributed by atoms with Gasteiger partial charge < -0.3 is 25.3 Å². The zero-order valence-electron chi connectivity index (χ0n) is 15.9. The lowest BCUT2D eigenvalue weighted by Crippen LogP contribution is -2.24. The van der Waals surface area contributed by atoms with Gasteiger partial charge in [-0.3, -0.25) is 4.99 Å². The molecular weight excluding hydrogens is 366 g/mol. The van der Waals surface area contributed by atoms with Crippen molar-refractivity contribution in [3.63, 3.8) is 0 Å². The molecule has 146 valence electrons. The Morgan fingerprint density at radius 1 is 1.15 bits per heavy atom. The minimum Gasteiger partial charge on any atom is -0.494 e. The number of hydrogen-bond acceptors (Lipinski definition) is 4. The van der Waals surface area contributed by atoms with Crippen molar-refractivity contribution in [3.05, 3.63) is 53.1 Å². The highest BCUT2D eigenvalue weighted by Gasteiger charge is 2.11. The third-order valence-corrected chi connectivity index (χ3v) is 3.99. The molecule has 0 saturated heterocycles. The lowest BCUT2D eigenvalue weighted by Gasteiger charge is -2.16. The van der Waals surface area contributed by atoms with Gasteiger partial charge in [-0.25, -0.2) is 0 Å². The van der Waals surface area contributed by atoms with Crippen molar-refractivity contribution in [2.75, 3.05) is 32.2 Å². The van der Waals surface area contributed by atoms with Gasteiger partial charge in [0, 0.05) is 18.2 Å². The van der Waals surface area contributed by atoms with E-state index >= 15 is 0 Å². The number of nitrogens with two attached hydrogens (primary N) is 1.